The highest BCUT2D eigenvalue weighted by Gasteiger charge is 2.17. The number of aryl methyl sites for hydroxylation is 1. The first-order chi connectivity index (χ1) is 12.1. The normalized spacial score (nSPS) is 11.7. The minimum atomic E-state index is -0.602. The average Bonchev–Trinajstić information content (AvgIpc) is 3.05. The molecule has 0 saturated heterocycles. The Morgan fingerprint density at radius 2 is 1.92 bits per heavy atom. The second kappa shape index (κ2) is 7.48. The molecular weight excluding hydrogens is 320 g/mol. The molecule has 3 rings (SSSR count). The molecule has 0 fully saturated rings. The minimum Gasteiger partial charge on any atom is -0.484 e. The van der Waals surface area contributed by atoms with Gasteiger partial charge in [-0.3, -0.25) is 4.79 Å². The third-order valence-corrected chi connectivity index (χ3v) is 3.51. The molecule has 128 valence electrons. The van der Waals surface area contributed by atoms with Gasteiger partial charge in [-0.1, -0.05) is 35.5 Å². The summed E-state index contributed by atoms with van der Waals surface area (Å²) in [6.07, 6.45) is 0. The number of aromatic nitrogens is 2. The maximum atomic E-state index is 11.7. The van der Waals surface area contributed by atoms with Crippen molar-refractivity contribution >= 4 is 11.6 Å². The van der Waals surface area contributed by atoms with Gasteiger partial charge in [-0.25, -0.2) is 0 Å². The number of primary amides is 1. The first-order valence-corrected chi connectivity index (χ1v) is 7.74. The van der Waals surface area contributed by atoms with Gasteiger partial charge in [0.05, 0.1) is 0 Å². The lowest BCUT2D eigenvalue weighted by Gasteiger charge is -2.17. The summed E-state index contributed by atoms with van der Waals surface area (Å²) in [4.78, 5) is 15.8. The summed E-state index contributed by atoms with van der Waals surface area (Å²) < 4.78 is 10.6. The Morgan fingerprint density at radius 1 is 1.20 bits per heavy atom. The Balaban J connectivity index is 1.64. The lowest BCUT2D eigenvalue weighted by molar-refractivity contribution is -0.118. The van der Waals surface area contributed by atoms with E-state index in [-0.39, 0.29) is 6.61 Å². The minimum absolute atomic E-state index is 0.196. The summed E-state index contributed by atoms with van der Waals surface area (Å²) in [5, 5.41) is 6.83. The molecule has 1 aromatic heterocycles. The summed E-state index contributed by atoms with van der Waals surface area (Å²) in [6, 6.07) is 15.9. The molecule has 7 heteroatoms. The van der Waals surface area contributed by atoms with Crippen molar-refractivity contribution in [2.24, 2.45) is 5.73 Å². The Morgan fingerprint density at radius 3 is 2.52 bits per heavy atom. The van der Waals surface area contributed by atoms with Crippen LogP contribution in [0.1, 0.15) is 23.3 Å². The summed E-state index contributed by atoms with van der Waals surface area (Å²) >= 11 is 0. The Kier molecular flexibility index (Phi) is 4.94. The Bertz CT molecular complexity index is 831. The number of carbonyl (C=O) groups excluding carboxylic acids is 1. The average molecular weight is 338 g/mol. The molecule has 7 nitrogen and oxygen atoms in total. The van der Waals surface area contributed by atoms with Crippen LogP contribution in [-0.2, 0) is 11.4 Å². The van der Waals surface area contributed by atoms with Crippen LogP contribution < -0.4 is 15.8 Å². The van der Waals surface area contributed by atoms with E-state index in [0.29, 0.717) is 17.5 Å². The molecule has 0 aliphatic carbocycles. The fraction of sp³-hybridized carbons (Fsp3) is 0.167. The van der Waals surface area contributed by atoms with E-state index < -0.39 is 11.9 Å². The van der Waals surface area contributed by atoms with Gasteiger partial charge in [0.2, 0.25) is 5.91 Å². The molecule has 1 atom stereocenters. The van der Waals surface area contributed by atoms with Gasteiger partial charge in [0.1, 0.15) is 11.8 Å². The van der Waals surface area contributed by atoms with Gasteiger partial charge >= 0.3 is 0 Å². The van der Waals surface area contributed by atoms with Crippen molar-refractivity contribution in [3.63, 3.8) is 0 Å². The first kappa shape index (κ1) is 16.5. The van der Waals surface area contributed by atoms with Crippen LogP contribution in [0.25, 0.3) is 0 Å². The molecule has 3 N–H and O–H groups in total. The molecule has 0 saturated carbocycles. The molecule has 0 spiro atoms. The van der Waals surface area contributed by atoms with Gasteiger partial charge in [0, 0.05) is 5.69 Å². The van der Waals surface area contributed by atoms with Gasteiger partial charge in [0.25, 0.3) is 5.89 Å². The van der Waals surface area contributed by atoms with E-state index in [9.17, 15) is 4.79 Å². The van der Waals surface area contributed by atoms with E-state index >= 15 is 0 Å². The molecule has 1 heterocycles. The molecule has 0 aliphatic heterocycles. The summed E-state index contributed by atoms with van der Waals surface area (Å²) in [6.45, 7) is 1.94. The van der Waals surface area contributed by atoms with Crippen LogP contribution in [0.4, 0.5) is 5.69 Å². The third kappa shape index (κ3) is 4.35. The van der Waals surface area contributed by atoms with E-state index in [4.69, 9.17) is 15.0 Å². The van der Waals surface area contributed by atoms with Crippen LogP contribution in [0.2, 0.25) is 0 Å². The smallest absolute Gasteiger partial charge is 0.264 e. The monoisotopic (exact) mass is 338 g/mol. The third-order valence-electron chi connectivity index (χ3n) is 3.51. The highest BCUT2D eigenvalue weighted by molar-refractivity contribution is 5.84. The number of nitrogens with one attached hydrogen (secondary N) is 1. The Hall–Kier alpha value is -3.35. The number of benzene rings is 2. The van der Waals surface area contributed by atoms with Crippen LogP contribution in [0.15, 0.2) is 59.1 Å². The highest BCUT2D eigenvalue weighted by Crippen LogP contribution is 2.22. The fourth-order valence-corrected chi connectivity index (χ4v) is 2.32. The van der Waals surface area contributed by atoms with Gasteiger partial charge in [-0.2, -0.15) is 4.98 Å². The number of nitrogens with two attached hydrogens (primary N) is 1. The molecular formula is C18H18N4O3. The predicted molar refractivity (Wildman–Crippen MR) is 91.8 cm³/mol. The van der Waals surface area contributed by atoms with Gasteiger partial charge in [0.15, 0.2) is 12.4 Å². The lowest BCUT2D eigenvalue weighted by atomic mass is 10.1. The van der Waals surface area contributed by atoms with Crippen molar-refractivity contribution in [2.45, 2.75) is 19.6 Å². The number of hydrogen-bond donors (Lipinski definition) is 2. The van der Waals surface area contributed by atoms with Gasteiger partial charge in [-0.15, -0.1) is 0 Å². The SMILES string of the molecule is Cc1noc(COc2ccc(N[C@H](C(N)=O)c3ccccc3)cc2)n1. The summed E-state index contributed by atoms with van der Waals surface area (Å²) in [7, 11) is 0. The lowest BCUT2D eigenvalue weighted by Crippen LogP contribution is -2.27. The van der Waals surface area contributed by atoms with Crippen LogP contribution in [0.3, 0.4) is 0 Å². The second-order valence-electron chi connectivity index (χ2n) is 5.44. The van der Waals surface area contributed by atoms with Crippen molar-refractivity contribution in [2.75, 3.05) is 5.32 Å². The van der Waals surface area contributed by atoms with Crippen molar-refractivity contribution in [3.8, 4) is 5.75 Å². The largest absolute Gasteiger partial charge is 0.484 e. The number of rotatable bonds is 7. The molecule has 0 radical (unpaired) electrons. The van der Waals surface area contributed by atoms with E-state index in [2.05, 4.69) is 15.5 Å². The Labute approximate surface area is 144 Å². The first-order valence-electron chi connectivity index (χ1n) is 7.74. The van der Waals surface area contributed by atoms with E-state index in [0.717, 1.165) is 11.3 Å². The zero-order chi connectivity index (χ0) is 17.6. The zero-order valence-corrected chi connectivity index (χ0v) is 13.7. The molecule has 25 heavy (non-hydrogen) atoms. The zero-order valence-electron chi connectivity index (χ0n) is 13.7. The quantitative estimate of drug-likeness (QED) is 0.686. The molecule has 0 aliphatic rings. The molecule has 0 bridgehead atoms. The number of carbonyl (C=O) groups is 1. The number of ether oxygens (including phenoxy) is 1. The van der Waals surface area contributed by atoms with Crippen LogP contribution in [-0.4, -0.2) is 16.0 Å². The molecule has 0 unspecified atom stereocenters. The molecule has 3 aromatic rings. The topological polar surface area (TPSA) is 103 Å². The maximum Gasteiger partial charge on any atom is 0.264 e. The van der Waals surface area contributed by atoms with Crippen molar-refractivity contribution in [1.82, 2.24) is 10.1 Å². The van der Waals surface area contributed by atoms with Gasteiger partial charge < -0.3 is 20.3 Å². The molecule has 2 aromatic carbocycles. The van der Waals surface area contributed by atoms with Crippen LogP contribution in [0, 0.1) is 6.92 Å². The summed E-state index contributed by atoms with van der Waals surface area (Å²) in [5.74, 6) is 1.18. The number of amides is 1. The fourth-order valence-electron chi connectivity index (χ4n) is 2.32. The van der Waals surface area contributed by atoms with Crippen molar-refractivity contribution in [3.05, 3.63) is 71.9 Å². The van der Waals surface area contributed by atoms with Crippen molar-refractivity contribution < 1.29 is 14.1 Å². The van der Waals surface area contributed by atoms with Crippen molar-refractivity contribution in [1.29, 1.82) is 0 Å². The summed E-state index contributed by atoms with van der Waals surface area (Å²) in [5.41, 5.74) is 7.08. The second-order valence-corrected chi connectivity index (χ2v) is 5.44. The van der Waals surface area contributed by atoms with Crippen LogP contribution >= 0.6 is 0 Å². The number of hydrogen-bond acceptors (Lipinski definition) is 6. The van der Waals surface area contributed by atoms with Gasteiger partial charge in [-0.05, 0) is 36.8 Å². The number of anilines is 1. The van der Waals surface area contributed by atoms with E-state index in [1.165, 1.54) is 0 Å². The standard InChI is InChI=1S/C18H18N4O3/c1-12-20-16(25-22-12)11-24-15-9-7-14(8-10-15)21-17(18(19)23)13-5-3-2-4-6-13/h2-10,17,21H,11H2,1H3,(H2,19,23)/t17-/m0/s1. The number of nitrogens with zero attached hydrogens (tertiary/aromatic N) is 2. The molecule has 1 amide bonds. The predicted octanol–water partition coefficient (Wildman–Crippen LogP) is 2.60. The van der Waals surface area contributed by atoms with Crippen LogP contribution in [0.5, 0.6) is 5.75 Å². The highest BCUT2D eigenvalue weighted by atomic mass is 16.5. The van der Waals surface area contributed by atoms with E-state index in [1.54, 1.807) is 19.1 Å². The maximum absolute atomic E-state index is 11.7. The van der Waals surface area contributed by atoms with E-state index in [1.807, 2.05) is 42.5 Å².